The average molecular weight is 363 g/mol. The van der Waals surface area contributed by atoms with Crippen molar-refractivity contribution in [3.8, 4) is 5.75 Å². The Labute approximate surface area is 148 Å². The van der Waals surface area contributed by atoms with E-state index in [1.807, 2.05) is 17.6 Å². The molecule has 9 heteroatoms. The quantitative estimate of drug-likeness (QED) is 0.755. The summed E-state index contributed by atoms with van der Waals surface area (Å²) in [6.45, 7) is 3.42. The number of urea groups is 1. The first kappa shape index (κ1) is 18.4. The molecule has 1 atom stereocenters. The zero-order chi connectivity index (χ0) is 18.4. The lowest BCUT2D eigenvalue weighted by molar-refractivity contribution is -0.127. The number of nitrogens with zero attached hydrogens (tertiary/aromatic N) is 1. The Morgan fingerprint density at radius 2 is 2.04 bits per heavy atom. The molecule has 2 rings (SSSR count). The molecule has 0 saturated carbocycles. The summed E-state index contributed by atoms with van der Waals surface area (Å²) >= 11 is 1.50. The van der Waals surface area contributed by atoms with Gasteiger partial charge in [0.1, 0.15) is 17.9 Å². The summed E-state index contributed by atoms with van der Waals surface area (Å²) in [7, 11) is 0. The van der Waals surface area contributed by atoms with Crippen LogP contribution in [0.25, 0.3) is 0 Å². The van der Waals surface area contributed by atoms with E-state index in [1.165, 1.54) is 24.3 Å². The number of rotatable bonds is 6. The third kappa shape index (κ3) is 5.28. The van der Waals surface area contributed by atoms with Crippen molar-refractivity contribution in [1.82, 2.24) is 10.3 Å². The van der Waals surface area contributed by atoms with Crippen LogP contribution in [-0.4, -0.2) is 29.0 Å². The Kier molecular flexibility index (Phi) is 6.07. The number of para-hydroxylation sites is 1. The van der Waals surface area contributed by atoms with Gasteiger partial charge in [0.25, 0.3) is 5.91 Å². The third-order valence-corrected chi connectivity index (χ3v) is 3.87. The lowest BCUT2D eigenvalue weighted by Gasteiger charge is -2.14. The van der Waals surface area contributed by atoms with Crippen LogP contribution >= 0.6 is 11.3 Å². The minimum atomic E-state index is -1.19. The van der Waals surface area contributed by atoms with E-state index in [2.05, 4.69) is 4.98 Å². The normalized spacial score (nSPS) is 11.4. The van der Waals surface area contributed by atoms with Gasteiger partial charge in [-0.2, -0.15) is 0 Å². The highest BCUT2D eigenvalue weighted by atomic mass is 32.1. The SMILES string of the molecule is Cc1nc(COc2ccccc2C(=O)O[C@@H](C)C(=O)NC(N)=O)cs1. The number of hydrogen-bond acceptors (Lipinski definition) is 7. The number of hydrogen-bond donors (Lipinski definition) is 2. The van der Waals surface area contributed by atoms with Gasteiger partial charge in [-0.15, -0.1) is 11.3 Å². The number of aromatic nitrogens is 1. The summed E-state index contributed by atoms with van der Waals surface area (Å²) in [6.07, 6.45) is -1.19. The number of thiazole rings is 1. The summed E-state index contributed by atoms with van der Waals surface area (Å²) in [5.74, 6) is -1.25. The van der Waals surface area contributed by atoms with Gasteiger partial charge in [0.05, 0.1) is 10.7 Å². The van der Waals surface area contributed by atoms with Crippen LogP contribution in [0, 0.1) is 6.92 Å². The first-order chi connectivity index (χ1) is 11.9. The van der Waals surface area contributed by atoms with Crippen LogP contribution in [-0.2, 0) is 16.1 Å². The van der Waals surface area contributed by atoms with Gasteiger partial charge in [0, 0.05) is 5.38 Å². The molecule has 0 aliphatic carbocycles. The summed E-state index contributed by atoms with van der Waals surface area (Å²) in [5.41, 5.74) is 5.77. The van der Waals surface area contributed by atoms with E-state index < -0.39 is 24.0 Å². The number of nitrogens with one attached hydrogen (secondary N) is 1. The molecule has 1 heterocycles. The topological polar surface area (TPSA) is 121 Å². The maximum absolute atomic E-state index is 12.3. The highest BCUT2D eigenvalue weighted by Crippen LogP contribution is 2.21. The number of imide groups is 1. The Morgan fingerprint density at radius 1 is 1.32 bits per heavy atom. The minimum Gasteiger partial charge on any atom is -0.486 e. The smallest absolute Gasteiger partial charge is 0.342 e. The van der Waals surface area contributed by atoms with Gasteiger partial charge in [-0.05, 0) is 26.0 Å². The number of esters is 1. The number of nitrogens with two attached hydrogens (primary N) is 1. The summed E-state index contributed by atoms with van der Waals surface area (Å²) in [5, 5.41) is 4.63. The second kappa shape index (κ2) is 8.25. The van der Waals surface area contributed by atoms with Gasteiger partial charge in [-0.3, -0.25) is 10.1 Å². The fourth-order valence-electron chi connectivity index (χ4n) is 1.89. The maximum Gasteiger partial charge on any atom is 0.342 e. The Balaban J connectivity index is 2.04. The molecule has 0 radical (unpaired) electrons. The number of carbonyl (C=O) groups excluding carboxylic acids is 3. The van der Waals surface area contributed by atoms with Crippen molar-refractivity contribution in [2.45, 2.75) is 26.6 Å². The molecule has 0 bridgehead atoms. The molecule has 0 aliphatic heterocycles. The zero-order valence-corrected chi connectivity index (χ0v) is 14.5. The van der Waals surface area contributed by atoms with Crippen molar-refractivity contribution in [3.63, 3.8) is 0 Å². The highest BCUT2D eigenvalue weighted by Gasteiger charge is 2.22. The van der Waals surface area contributed by atoms with E-state index in [-0.39, 0.29) is 12.2 Å². The number of benzene rings is 1. The average Bonchev–Trinajstić information content (AvgIpc) is 2.98. The molecular formula is C16H17N3O5S. The van der Waals surface area contributed by atoms with Crippen LogP contribution in [0.2, 0.25) is 0 Å². The molecule has 132 valence electrons. The molecule has 25 heavy (non-hydrogen) atoms. The lowest BCUT2D eigenvalue weighted by atomic mass is 10.2. The van der Waals surface area contributed by atoms with Crippen molar-refractivity contribution in [2.75, 3.05) is 0 Å². The molecule has 8 nitrogen and oxygen atoms in total. The summed E-state index contributed by atoms with van der Waals surface area (Å²) in [6, 6.07) is 5.47. The molecular weight excluding hydrogens is 346 g/mol. The van der Waals surface area contributed by atoms with Gasteiger partial charge in [-0.1, -0.05) is 12.1 Å². The van der Waals surface area contributed by atoms with Gasteiger partial charge >= 0.3 is 12.0 Å². The second-order valence-electron chi connectivity index (χ2n) is 5.04. The van der Waals surface area contributed by atoms with Crippen LogP contribution < -0.4 is 15.8 Å². The molecule has 3 N–H and O–H groups in total. The number of amides is 3. The first-order valence-corrected chi connectivity index (χ1v) is 8.19. The lowest BCUT2D eigenvalue weighted by Crippen LogP contribution is -2.42. The van der Waals surface area contributed by atoms with Crippen molar-refractivity contribution in [3.05, 3.63) is 45.9 Å². The van der Waals surface area contributed by atoms with E-state index in [0.717, 1.165) is 10.7 Å². The number of carbonyl (C=O) groups is 3. The minimum absolute atomic E-state index is 0.160. The molecule has 0 aliphatic rings. The van der Waals surface area contributed by atoms with Crippen molar-refractivity contribution < 1.29 is 23.9 Å². The zero-order valence-electron chi connectivity index (χ0n) is 13.6. The van der Waals surface area contributed by atoms with E-state index in [4.69, 9.17) is 15.2 Å². The van der Waals surface area contributed by atoms with Gasteiger partial charge in [0.15, 0.2) is 6.10 Å². The first-order valence-electron chi connectivity index (χ1n) is 7.31. The van der Waals surface area contributed by atoms with Crippen LogP contribution in [0.5, 0.6) is 5.75 Å². The van der Waals surface area contributed by atoms with Crippen molar-refractivity contribution >= 4 is 29.2 Å². The van der Waals surface area contributed by atoms with E-state index >= 15 is 0 Å². The van der Waals surface area contributed by atoms with Crippen LogP contribution in [0.4, 0.5) is 4.79 Å². The molecule has 1 aromatic carbocycles. The van der Waals surface area contributed by atoms with Crippen molar-refractivity contribution in [1.29, 1.82) is 0 Å². The number of ether oxygens (including phenoxy) is 2. The van der Waals surface area contributed by atoms with Gasteiger partial charge in [-0.25, -0.2) is 14.6 Å². The van der Waals surface area contributed by atoms with Gasteiger partial charge in [0.2, 0.25) is 0 Å². The predicted molar refractivity (Wildman–Crippen MR) is 90.2 cm³/mol. The van der Waals surface area contributed by atoms with E-state index in [0.29, 0.717) is 5.75 Å². The molecule has 0 spiro atoms. The summed E-state index contributed by atoms with van der Waals surface area (Å²) < 4.78 is 10.7. The van der Waals surface area contributed by atoms with Crippen molar-refractivity contribution in [2.24, 2.45) is 5.73 Å². The molecule has 0 fully saturated rings. The third-order valence-electron chi connectivity index (χ3n) is 3.05. The summed E-state index contributed by atoms with van der Waals surface area (Å²) in [4.78, 5) is 38.8. The van der Waals surface area contributed by atoms with Crippen LogP contribution in [0.15, 0.2) is 29.6 Å². The molecule has 1 aromatic heterocycles. The highest BCUT2D eigenvalue weighted by molar-refractivity contribution is 7.09. The molecule has 0 unspecified atom stereocenters. The van der Waals surface area contributed by atoms with Crippen LogP contribution in [0.3, 0.4) is 0 Å². The Morgan fingerprint density at radius 3 is 2.68 bits per heavy atom. The Bertz CT molecular complexity index is 790. The van der Waals surface area contributed by atoms with E-state index in [9.17, 15) is 14.4 Å². The van der Waals surface area contributed by atoms with Crippen LogP contribution in [0.1, 0.15) is 28.0 Å². The number of primary amides is 1. The standard InChI is InChI=1S/C16H17N3O5S/c1-9(14(20)19-16(17)22)24-15(21)12-5-3-4-6-13(12)23-7-11-8-25-10(2)18-11/h3-6,8-9H,7H2,1-2H3,(H3,17,19,20,22)/t9-/m0/s1. The largest absolute Gasteiger partial charge is 0.486 e. The second-order valence-corrected chi connectivity index (χ2v) is 6.11. The Hall–Kier alpha value is -2.94. The van der Waals surface area contributed by atoms with Gasteiger partial charge < -0.3 is 15.2 Å². The molecule has 2 aromatic rings. The molecule has 3 amide bonds. The van der Waals surface area contributed by atoms with E-state index in [1.54, 1.807) is 18.2 Å². The maximum atomic E-state index is 12.3. The fraction of sp³-hybridized carbons (Fsp3) is 0.250. The monoisotopic (exact) mass is 363 g/mol. The predicted octanol–water partition coefficient (Wildman–Crippen LogP) is 1.77. The fourth-order valence-corrected chi connectivity index (χ4v) is 2.49. The number of aryl methyl sites for hydroxylation is 1. The molecule has 0 saturated heterocycles.